The molecule has 0 bridgehead atoms. The Hall–Kier alpha value is -7.58. The molecule has 0 unspecified atom stereocenters. The van der Waals surface area contributed by atoms with Crippen LogP contribution in [0.2, 0.25) is 0 Å². The van der Waals surface area contributed by atoms with Gasteiger partial charge in [-0.15, -0.1) is 0 Å². The molecule has 0 N–H and O–H groups in total. The lowest BCUT2D eigenvalue weighted by Crippen LogP contribution is -1.93. The third-order valence-corrected chi connectivity index (χ3v) is 9.82. The lowest BCUT2D eigenvalue weighted by atomic mass is 10.0. The van der Waals surface area contributed by atoms with E-state index in [9.17, 15) is 0 Å². The second kappa shape index (κ2) is 19.2. The van der Waals surface area contributed by atoms with E-state index in [-0.39, 0.29) is 0 Å². The van der Waals surface area contributed by atoms with Crippen LogP contribution in [0.15, 0.2) is 122 Å². The van der Waals surface area contributed by atoms with Gasteiger partial charge in [0.25, 0.3) is 0 Å². The number of rotatable bonds is 14. The zero-order valence-corrected chi connectivity index (χ0v) is 34.6. The summed E-state index contributed by atoms with van der Waals surface area (Å²) in [6, 6.07) is 32.3. The van der Waals surface area contributed by atoms with Crippen LogP contribution in [0.1, 0.15) is 55.6 Å². The van der Waals surface area contributed by atoms with Crippen molar-refractivity contribution in [2.24, 2.45) is 0 Å². The molecule has 0 spiro atoms. The van der Waals surface area contributed by atoms with Gasteiger partial charge in [0, 0.05) is 47.0 Å². The molecule has 0 amide bonds. The van der Waals surface area contributed by atoms with Crippen LogP contribution in [-0.4, -0.2) is 48.4 Å². The molecule has 298 valence electrons. The van der Waals surface area contributed by atoms with E-state index < -0.39 is 0 Å². The second-order valence-corrected chi connectivity index (χ2v) is 14.1. The van der Waals surface area contributed by atoms with Gasteiger partial charge >= 0.3 is 0 Å². The predicted octanol–water partition coefficient (Wildman–Crippen LogP) is 11.9. The Balaban J connectivity index is 1.04. The van der Waals surface area contributed by atoms with Crippen molar-refractivity contribution in [3.63, 3.8) is 0 Å². The Morgan fingerprint density at radius 3 is 0.933 bits per heavy atom. The standard InChI is InChI=1S/C52H46N4O4/c1-35-10-22-45(53-31-35)47-24-16-39(33-55-47)14-20-43-29-49(57-3)41(27-51(43)59-5)18-12-37-8-7-9-38(26-37)13-19-42-28-52(60-6)44(30-50(42)58-4)21-15-40-17-25-48(56-34-40)46-23-11-36(2)32-54-46/h7-34H,1-6H3/b18-12+,19-13+,20-14+,21-15+. The van der Waals surface area contributed by atoms with Gasteiger partial charge in [0.1, 0.15) is 23.0 Å². The monoisotopic (exact) mass is 790 g/mol. The largest absolute Gasteiger partial charge is 0.496 e. The van der Waals surface area contributed by atoms with Crippen molar-refractivity contribution in [1.82, 2.24) is 19.9 Å². The topological polar surface area (TPSA) is 88.5 Å². The van der Waals surface area contributed by atoms with Crippen molar-refractivity contribution in [3.8, 4) is 45.8 Å². The number of benzene rings is 3. The Labute approximate surface area is 351 Å². The number of aromatic nitrogens is 4. The molecule has 0 fully saturated rings. The van der Waals surface area contributed by atoms with Gasteiger partial charge in [-0.1, -0.05) is 91.1 Å². The summed E-state index contributed by atoms with van der Waals surface area (Å²) in [5.41, 5.74) is 13.1. The quantitative estimate of drug-likeness (QED) is 0.101. The summed E-state index contributed by atoms with van der Waals surface area (Å²) in [7, 11) is 6.69. The predicted molar refractivity (Wildman–Crippen MR) is 246 cm³/mol. The first kappa shape index (κ1) is 40.6. The second-order valence-electron chi connectivity index (χ2n) is 14.1. The molecule has 8 nitrogen and oxygen atoms in total. The van der Waals surface area contributed by atoms with E-state index in [0.717, 1.165) is 101 Å². The lowest BCUT2D eigenvalue weighted by molar-refractivity contribution is 0.401. The van der Waals surface area contributed by atoms with Crippen LogP contribution in [0.5, 0.6) is 23.0 Å². The van der Waals surface area contributed by atoms with Crippen LogP contribution in [0.3, 0.4) is 0 Å². The van der Waals surface area contributed by atoms with E-state index in [0.29, 0.717) is 0 Å². The van der Waals surface area contributed by atoms with Gasteiger partial charge in [-0.3, -0.25) is 19.9 Å². The molecule has 0 aliphatic carbocycles. The molecule has 0 saturated carbocycles. The van der Waals surface area contributed by atoms with Gasteiger partial charge < -0.3 is 18.9 Å². The van der Waals surface area contributed by atoms with Crippen LogP contribution in [0.25, 0.3) is 71.4 Å². The molecular weight excluding hydrogens is 745 g/mol. The first-order valence-corrected chi connectivity index (χ1v) is 19.4. The molecule has 0 aliphatic rings. The van der Waals surface area contributed by atoms with Crippen molar-refractivity contribution >= 4 is 48.6 Å². The van der Waals surface area contributed by atoms with Crippen molar-refractivity contribution in [1.29, 1.82) is 0 Å². The first-order chi connectivity index (χ1) is 29.3. The van der Waals surface area contributed by atoms with Gasteiger partial charge in [-0.05, 0) is 102 Å². The minimum Gasteiger partial charge on any atom is -0.496 e. The average molecular weight is 791 g/mol. The molecule has 0 aliphatic heterocycles. The number of pyridine rings is 4. The maximum absolute atomic E-state index is 5.82. The summed E-state index contributed by atoms with van der Waals surface area (Å²) < 4.78 is 23.2. The third-order valence-electron chi connectivity index (χ3n) is 9.82. The number of hydrogen-bond acceptors (Lipinski definition) is 8. The van der Waals surface area contributed by atoms with Crippen LogP contribution in [0, 0.1) is 13.8 Å². The summed E-state index contributed by atoms with van der Waals surface area (Å²) in [5, 5.41) is 0. The van der Waals surface area contributed by atoms with Gasteiger partial charge in [-0.2, -0.15) is 0 Å². The maximum Gasteiger partial charge on any atom is 0.126 e. The fraction of sp³-hybridized carbons (Fsp3) is 0.115. The minimum atomic E-state index is 0.727. The average Bonchev–Trinajstić information content (AvgIpc) is 3.29. The SMILES string of the molecule is COc1cc(/C=C/c2cccc(/C=C/c3cc(OC)c(/C=C/c4ccc(-c5ccc(C)cn5)nc4)cc3OC)c2)c(OC)cc1/C=C/c1ccc(-c2ccc(C)cn2)nc1. The number of nitrogens with zero attached hydrogens (tertiary/aromatic N) is 4. The van der Waals surface area contributed by atoms with Gasteiger partial charge in [0.05, 0.1) is 51.2 Å². The highest BCUT2D eigenvalue weighted by atomic mass is 16.5. The van der Waals surface area contributed by atoms with Crippen LogP contribution >= 0.6 is 0 Å². The molecule has 7 aromatic rings. The molecule has 8 heteroatoms. The first-order valence-electron chi connectivity index (χ1n) is 19.4. The molecule has 7 rings (SSSR count). The van der Waals surface area contributed by atoms with E-state index in [1.807, 2.05) is 154 Å². The van der Waals surface area contributed by atoms with Crippen LogP contribution in [-0.2, 0) is 0 Å². The Kier molecular flexibility index (Phi) is 13.0. The van der Waals surface area contributed by atoms with E-state index in [1.165, 1.54) is 0 Å². The summed E-state index contributed by atoms with van der Waals surface area (Å²) in [4.78, 5) is 18.2. The normalized spacial score (nSPS) is 11.6. The lowest BCUT2D eigenvalue weighted by Gasteiger charge is -2.11. The molecule has 0 radical (unpaired) electrons. The van der Waals surface area contributed by atoms with E-state index in [2.05, 4.69) is 50.3 Å². The molecule has 0 atom stereocenters. The number of methoxy groups -OCH3 is 4. The Morgan fingerprint density at radius 2 is 0.650 bits per heavy atom. The summed E-state index contributed by atoms with van der Waals surface area (Å²) in [5.74, 6) is 2.91. The van der Waals surface area contributed by atoms with E-state index >= 15 is 0 Å². The minimum absolute atomic E-state index is 0.727. The molecule has 60 heavy (non-hydrogen) atoms. The van der Waals surface area contributed by atoms with Crippen LogP contribution < -0.4 is 18.9 Å². The van der Waals surface area contributed by atoms with Gasteiger partial charge in [0.2, 0.25) is 0 Å². The smallest absolute Gasteiger partial charge is 0.126 e. The number of hydrogen-bond donors (Lipinski definition) is 0. The summed E-state index contributed by atoms with van der Waals surface area (Å²) >= 11 is 0. The molecular formula is C52H46N4O4. The highest BCUT2D eigenvalue weighted by molar-refractivity contribution is 5.82. The zero-order valence-electron chi connectivity index (χ0n) is 34.6. The summed E-state index contributed by atoms with van der Waals surface area (Å²) in [6.07, 6.45) is 23.6. The van der Waals surface area contributed by atoms with Crippen LogP contribution in [0.4, 0.5) is 0 Å². The Bertz CT molecular complexity index is 2500. The highest BCUT2D eigenvalue weighted by Gasteiger charge is 2.11. The maximum atomic E-state index is 5.82. The number of ether oxygens (including phenoxy) is 4. The Morgan fingerprint density at radius 1 is 0.333 bits per heavy atom. The van der Waals surface area contributed by atoms with Crippen molar-refractivity contribution in [2.75, 3.05) is 28.4 Å². The highest BCUT2D eigenvalue weighted by Crippen LogP contribution is 2.34. The molecule has 4 heterocycles. The fourth-order valence-corrected chi connectivity index (χ4v) is 6.47. The number of aryl methyl sites for hydroxylation is 2. The van der Waals surface area contributed by atoms with Crippen molar-refractivity contribution in [2.45, 2.75) is 13.8 Å². The molecule has 4 aromatic heterocycles. The van der Waals surface area contributed by atoms with E-state index in [1.54, 1.807) is 28.4 Å². The van der Waals surface area contributed by atoms with E-state index in [4.69, 9.17) is 18.9 Å². The zero-order chi connectivity index (χ0) is 41.8. The molecule has 0 saturated heterocycles. The van der Waals surface area contributed by atoms with Crippen molar-refractivity contribution in [3.05, 3.63) is 177 Å². The van der Waals surface area contributed by atoms with Gasteiger partial charge in [0.15, 0.2) is 0 Å². The third kappa shape index (κ3) is 10.1. The summed E-state index contributed by atoms with van der Waals surface area (Å²) in [6.45, 7) is 4.04. The fourth-order valence-electron chi connectivity index (χ4n) is 6.47. The van der Waals surface area contributed by atoms with Crippen molar-refractivity contribution < 1.29 is 18.9 Å². The molecule has 3 aromatic carbocycles. The van der Waals surface area contributed by atoms with Gasteiger partial charge in [-0.25, -0.2) is 0 Å².